The van der Waals surface area contributed by atoms with Gasteiger partial charge in [-0.15, -0.1) is 12.4 Å². The van der Waals surface area contributed by atoms with Gasteiger partial charge in [0.1, 0.15) is 0 Å². The predicted molar refractivity (Wildman–Crippen MR) is 79.7 cm³/mol. The minimum Gasteiger partial charge on any atom is -0.469 e. The van der Waals surface area contributed by atoms with Crippen molar-refractivity contribution in [2.45, 2.75) is 24.3 Å². The summed E-state index contributed by atoms with van der Waals surface area (Å²) in [6, 6.07) is 6.14. The highest BCUT2D eigenvalue weighted by Crippen LogP contribution is 2.14. The van der Waals surface area contributed by atoms with Gasteiger partial charge in [-0.3, -0.25) is 4.79 Å². The first-order valence-electron chi connectivity index (χ1n) is 5.88. The van der Waals surface area contributed by atoms with E-state index in [0.29, 0.717) is 6.42 Å². The molecule has 1 aromatic rings. The van der Waals surface area contributed by atoms with E-state index in [1.54, 1.807) is 31.2 Å². The summed E-state index contributed by atoms with van der Waals surface area (Å²) in [6.45, 7) is 1.71. The Kier molecular flexibility index (Phi) is 7.19. The molecule has 0 heterocycles. The first-order chi connectivity index (χ1) is 8.75. The van der Waals surface area contributed by atoms with E-state index in [9.17, 15) is 13.2 Å². The number of benzene rings is 1. The number of halogens is 1. The van der Waals surface area contributed by atoms with Crippen LogP contribution < -0.4 is 5.73 Å². The van der Waals surface area contributed by atoms with Crippen molar-refractivity contribution < 1.29 is 17.9 Å². The summed E-state index contributed by atoms with van der Waals surface area (Å²) >= 11 is 0. The summed E-state index contributed by atoms with van der Waals surface area (Å²) in [5.74, 6) is -0.750. The van der Waals surface area contributed by atoms with Crippen molar-refractivity contribution in [1.29, 1.82) is 0 Å². The fraction of sp³-hybridized carbons (Fsp3) is 0.462. The van der Waals surface area contributed by atoms with Gasteiger partial charge in [-0.25, -0.2) is 8.42 Å². The standard InChI is InChI=1S/C13H19NO4S.ClH/c1-9(13(15)18-2)12(14)8-10-4-6-11(7-5-10)19(3,16)17;/h4-7,9,12H,8,14H2,1-3H3;1H. The molecule has 0 bridgehead atoms. The van der Waals surface area contributed by atoms with Gasteiger partial charge in [0.25, 0.3) is 0 Å². The molecule has 0 saturated heterocycles. The monoisotopic (exact) mass is 321 g/mol. The molecule has 0 fully saturated rings. The second-order valence-corrected chi connectivity index (χ2v) is 6.61. The highest BCUT2D eigenvalue weighted by molar-refractivity contribution is 7.90. The second-order valence-electron chi connectivity index (χ2n) is 4.60. The maximum absolute atomic E-state index is 11.3. The third-order valence-corrected chi connectivity index (χ3v) is 4.17. The van der Waals surface area contributed by atoms with E-state index in [1.165, 1.54) is 7.11 Å². The topological polar surface area (TPSA) is 86.5 Å². The molecule has 114 valence electrons. The molecule has 0 amide bonds. The minimum absolute atomic E-state index is 0. The van der Waals surface area contributed by atoms with Gasteiger partial charge in [-0.2, -0.15) is 0 Å². The van der Waals surface area contributed by atoms with Gasteiger partial charge in [0.15, 0.2) is 9.84 Å². The number of carbonyl (C=O) groups is 1. The van der Waals surface area contributed by atoms with Crippen molar-refractivity contribution in [2.24, 2.45) is 11.7 Å². The summed E-state index contributed by atoms with van der Waals surface area (Å²) in [4.78, 5) is 11.6. The molecule has 0 aliphatic heterocycles. The second kappa shape index (κ2) is 7.61. The largest absolute Gasteiger partial charge is 0.469 e. The van der Waals surface area contributed by atoms with Crippen molar-refractivity contribution in [3.05, 3.63) is 29.8 Å². The van der Waals surface area contributed by atoms with Crippen LogP contribution in [-0.2, 0) is 25.8 Å². The molecule has 0 spiro atoms. The van der Waals surface area contributed by atoms with Crippen LogP contribution in [0.5, 0.6) is 0 Å². The van der Waals surface area contributed by atoms with Crippen LogP contribution in [0.25, 0.3) is 0 Å². The number of rotatable bonds is 5. The number of carbonyl (C=O) groups excluding carboxylic acids is 1. The van der Waals surface area contributed by atoms with Gasteiger partial charge in [-0.05, 0) is 24.1 Å². The first kappa shape index (κ1) is 18.9. The van der Waals surface area contributed by atoms with Crippen LogP contribution >= 0.6 is 12.4 Å². The van der Waals surface area contributed by atoms with E-state index in [-0.39, 0.29) is 29.3 Å². The average molecular weight is 322 g/mol. The summed E-state index contributed by atoms with van der Waals surface area (Å²) in [6.07, 6.45) is 1.65. The molecule has 0 radical (unpaired) electrons. The van der Waals surface area contributed by atoms with E-state index in [0.717, 1.165) is 11.8 Å². The molecule has 0 aromatic heterocycles. The Hall–Kier alpha value is -1.11. The molecule has 1 aromatic carbocycles. The molecule has 5 nitrogen and oxygen atoms in total. The van der Waals surface area contributed by atoms with Crippen LogP contribution in [0.4, 0.5) is 0 Å². The molecule has 0 aliphatic carbocycles. The molecule has 2 N–H and O–H groups in total. The number of nitrogens with two attached hydrogens (primary N) is 1. The maximum Gasteiger partial charge on any atom is 0.309 e. The number of hydrogen-bond donors (Lipinski definition) is 1. The van der Waals surface area contributed by atoms with Crippen molar-refractivity contribution in [2.75, 3.05) is 13.4 Å². The van der Waals surface area contributed by atoms with E-state index < -0.39 is 15.8 Å². The van der Waals surface area contributed by atoms with E-state index >= 15 is 0 Å². The fourth-order valence-electron chi connectivity index (χ4n) is 1.68. The van der Waals surface area contributed by atoms with E-state index in [1.807, 2.05) is 0 Å². The van der Waals surface area contributed by atoms with Gasteiger partial charge in [0.05, 0.1) is 17.9 Å². The van der Waals surface area contributed by atoms with Crippen LogP contribution in [-0.4, -0.2) is 33.8 Å². The Balaban J connectivity index is 0.00000361. The first-order valence-corrected chi connectivity index (χ1v) is 7.77. The van der Waals surface area contributed by atoms with Gasteiger partial charge >= 0.3 is 5.97 Å². The van der Waals surface area contributed by atoms with Gasteiger partial charge in [-0.1, -0.05) is 19.1 Å². The molecule has 7 heteroatoms. The molecular formula is C13H20ClNO4S. The Morgan fingerprint density at radius 1 is 1.30 bits per heavy atom. The predicted octanol–water partition coefficient (Wildman–Crippen LogP) is 1.19. The Morgan fingerprint density at radius 2 is 1.80 bits per heavy atom. The lowest BCUT2D eigenvalue weighted by atomic mass is 9.96. The van der Waals surface area contributed by atoms with Crippen molar-refractivity contribution >= 4 is 28.2 Å². The normalized spacial score (nSPS) is 14.0. The zero-order valence-corrected chi connectivity index (χ0v) is 13.3. The third kappa shape index (κ3) is 5.11. The molecule has 2 atom stereocenters. The summed E-state index contributed by atoms with van der Waals surface area (Å²) < 4.78 is 27.3. The minimum atomic E-state index is -3.19. The lowest BCUT2D eigenvalue weighted by Gasteiger charge is -2.17. The van der Waals surface area contributed by atoms with Crippen LogP contribution in [0.2, 0.25) is 0 Å². The fourth-order valence-corrected chi connectivity index (χ4v) is 2.31. The lowest BCUT2D eigenvalue weighted by molar-refractivity contribution is -0.145. The van der Waals surface area contributed by atoms with Crippen molar-refractivity contribution in [3.63, 3.8) is 0 Å². The molecule has 20 heavy (non-hydrogen) atoms. The summed E-state index contributed by atoms with van der Waals surface area (Å²) in [5, 5.41) is 0. The number of hydrogen-bond acceptors (Lipinski definition) is 5. The Labute approximate surface area is 125 Å². The van der Waals surface area contributed by atoms with Crippen LogP contribution in [0.1, 0.15) is 12.5 Å². The molecule has 0 saturated carbocycles. The smallest absolute Gasteiger partial charge is 0.309 e. The van der Waals surface area contributed by atoms with Gasteiger partial charge in [0.2, 0.25) is 0 Å². The Morgan fingerprint density at radius 3 is 2.20 bits per heavy atom. The number of sulfone groups is 1. The van der Waals surface area contributed by atoms with E-state index in [2.05, 4.69) is 4.74 Å². The number of ether oxygens (including phenoxy) is 1. The number of methoxy groups -OCH3 is 1. The number of esters is 1. The van der Waals surface area contributed by atoms with Crippen LogP contribution in [0.3, 0.4) is 0 Å². The molecule has 2 unspecified atom stereocenters. The average Bonchev–Trinajstić information content (AvgIpc) is 2.36. The van der Waals surface area contributed by atoms with Gasteiger partial charge in [0, 0.05) is 12.3 Å². The van der Waals surface area contributed by atoms with Crippen molar-refractivity contribution in [3.8, 4) is 0 Å². The Bertz CT molecular complexity index is 542. The van der Waals surface area contributed by atoms with Crippen LogP contribution in [0, 0.1) is 5.92 Å². The lowest BCUT2D eigenvalue weighted by Crippen LogP contribution is -2.36. The highest BCUT2D eigenvalue weighted by Gasteiger charge is 2.21. The SMILES string of the molecule is COC(=O)C(C)C(N)Cc1ccc(S(C)(=O)=O)cc1.Cl. The van der Waals surface area contributed by atoms with Crippen molar-refractivity contribution in [1.82, 2.24) is 0 Å². The maximum atomic E-state index is 11.3. The van der Waals surface area contributed by atoms with Crippen LogP contribution in [0.15, 0.2) is 29.2 Å². The molecule has 1 rings (SSSR count). The molecular weight excluding hydrogens is 302 g/mol. The zero-order valence-electron chi connectivity index (χ0n) is 11.7. The summed E-state index contributed by atoms with van der Waals surface area (Å²) in [5.41, 5.74) is 6.82. The quantitative estimate of drug-likeness (QED) is 0.823. The molecule has 0 aliphatic rings. The third-order valence-electron chi connectivity index (χ3n) is 3.04. The summed E-state index contributed by atoms with van der Waals surface area (Å²) in [7, 11) is -1.86. The zero-order chi connectivity index (χ0) is 14.6. The van der Waals surface area contributed by atoms with E-state index in [4.69, 9.17) is 5.73 Å². The highest BCUT2D eigenvalue weighted by atomic mass is 35.5. The van der Waals surface area contributed by atoms with Gasteiger partial charge < -0.3 is 10.5 Å².